The molecule has 0 fully saturated rings. The van der Waals surface area contributed by atoms with Crippen molar-refractivity contribution in [3.8, 4) is 0 Å². The van der Waals surface area contributed by atoms with E-state index in [1.54, 1.807) is 0 Å². The van der Waals surface area contributed by atoms with Gasteiger partial charge in [-0.1, -0.05) is 36.4 Å². The predicted molar refractivity (Wildman–Crippen MR) is 131 cm³/mol. The van der Waals surface area contributed by atoms with E-state index < -0.39 is 0 Å². The zero-order chi connectivity index (χ0) is 22.1. The second-order valence-electron chi connectivity index (χ2n) is 7.77. The summed E-state index contributed by atoms with van der Waals surface area (Å²) in [6.45, 7) is 7.82. The second kappa shape index (κ2) is 8.85. The maximum absolute atomic E-state index is 12.7. The van der Waals surface area contributed by atoms with Crippen LogP contribution in [-0.4, -0.2) is 21.1 Å². The van der Waals surface area contributed by atoms with E-state index in [1.165, 1.54) is 28.5 Å². The fourth-order valence-electron chi connectivity index (χ4n) is 3.54. The fraction of sp³-hybridized carbons (Fsp3) is 0.292. The topological polar surface area (TPSA) is 74.8 Å². The molecule has 2 atom stereocenters. The van der Waals surface area contributed by atoms with Gasteiger partial charge in [0.15, 0.2) is 0 Å². The molecule has 2 unspecified atom stereocenters. The molecule has 0 radical (unpaired) electrons. The molecule has 2 N–H and O–H groups in total. The minimum atomic E-state index is -0.268. The van der Waals surface area contributed by atoms with Crippen molar-refractivity contribution in [1.82, 2.24) is 15.3 Å². The quantitative estimate of drug-likeness (QED) is 0.420. The Hall–Kier alpha value is -2.64. The van der Waals surface area contributed by atoms with E-state index in [0.29, 0.717) is 17.0 Å². The number of rotatable bonds is 6. The Morgan fingerprint density at radius 3 is 2.68 bits per heavy atom. The molecule has 0 aliphatic carbocycles. The van der Waals surface area contributed by atoms with Crippen molar-refractivity contribution < 1.29 is 4.79 Å². The third-order valence-corrected chi connectivity index (χ3v) is 7.81. The number of aromatic nitrogens is 2. The van der Waals surface area contributed by atoms with Crippen molar-refractivity contribution in [2.45, 2.75) is 44.7 Å². The Morgan fingerprint density at radius 2 is 1.90 bits per heavy atom. The summed E-state index contributed by atoms with van der Waals surface area (Å²) < 4.78 is 0. The molecule has 0 aliphatic rings. The summed E-state index contributed by atoms with van der Waals surface area (Å²) in [5.74, 6) is 1.04. The van der Waals surface area contributed by atoms with Gasteiger partial charge in [0.05, 0.1) is 22.4 Å². The number of amides is 1. The van der Waals surface area contributed by atoms with Gasteiger partial charge in [0, 0.05) is 4.88 Å². The third-order valence-electron chi connectivity index (χ3n) is 5.56. The Bertz CT molecular complexity index is 1330. The van der Waals surface area contributed by atoms with Crippen molar-refractivity contribution in [3.63, 3.8) is 0 Å². The summed E-state index contributed by atoms with van der Waals surface area (Å²) in [5.41, 5.74) is 1.96. The van der Waals surface area contributed by atoms with E-state index >= 15 is 0 Å². The van der Waals surface area contributed by atoms with Gasteiger partial charge < -0.3 is 10.3 Å². The lowest BCUT2D eigenvalue weighted by molar-refractivity contribution is -0.120. The normalized spacial score (nSPS) is 13.4. The monoisotopic (exact) mass is 451 g/mol. The Morgan fingerprint density at radius 1 is 1.16 bits per heavy atom. The number of nitrogens with zero attached hydrogens (tertiary/aromatic N) is 1. The second-order valence-corrected chi connectivity index (χ2v) is 10.3. The number of benzene rings is 2. The van der Waals surface area contributed by atoms with Crippen LogP contribution < -0.4 is 10.9 Å². The number of carbonyl (C=O) groups is 1. The number of thioether (sulfide) groups is 1. The van der Waals surface area contributed by atoms with Gasteiger partial charge in [-0.2, -0.15) is 0 Å². The number of fused-ring (bicyclic) bond motifs is 2. The minimum absolute atomic E-state index is 0.0307. The predicted octanol–water partition coefficient (Wildman–Crippen LogP) is 5.25. The Balaban J connectivity index is 1.40. The molecular weight excluding hydrogens is 426 g/mol. The summed E-state index contributed by atoms with van der Waals surface area (Å²) in [6.07, 6.45) is 0. The molecule has 2 aromatic carbocycles. The van der Waals surface area contributed by atoms with E-state index in [-0.39, 0.29) is 22.8 Å². The van der Waals surface area contributed by atoms with Crippen LogP contribution in [0.2, 0.25) is 0 Å². The molecule has 160 valence electrons. The molecule has 0 bridgehead atoms. The Kier molecular flexibility index (Phi) is 6.16. The number of aryl methyl sites for hydroxylation is 2. The number of nitrogens with one attached hydrogen (secondary N) is 2. The van der Waals surface area contributed by atoms with Gasteiger partial charge in [-0.3, -0.25) is 9.59 Å². The molecule has 4 rings (SSSR count). The zero-order valence-corrected chi connectivity index (χ0v) is 19.6. The summed E-state index contributed by atoms with van der Waals surface area (Å²) in [5, 5.41) is 5.85. The average Bonchev–Trinajstić information content (AvgIpc) is 3.05. The largest absolute Gasteiger partial charge is 0.349 e. The van der Waals surface area contributed by atoms with Crippen molar-refractivity contribution in [1.29, 1.82) is 0 Å². The van der Waals surface area contributed by atoms with E-state index in [9.17, 15) is 9.59 Å². The van der Waals surface area contributed by atoms with Crippen LogP contribution in [0.25, 0.3) is 21.0 Å². The molecule has 0 aliphatic heterocycles. The first-order chi connectivity index (χ1) is 14.8. The highest BCUT2D eigenvalue weighted by Crippen LogP contribution is 2.27. The van der Waals surface area contributed by atoms with Gasteiger partial charge in [0.25, 0.3) is 5.56 Å². The Labute approximate surface area is 189 Å². The molecule has 7 heteroatoms. The van der Waals surface area contributed by atoms with Crippen LogP contribution in [0.5, 0.6) is 0 Å². The molecule has 31 heavy (non-hydrogen) atoms. The number of hydrogen-bond acceptors (Lipinski definition) is 5. The average molecular weight is 452 g/mol. The van der Waals surface area contributed by atoms with E-state index in [1.807, 2.05) is 39.8 Å². The summed E-state index contributed by atoms with van der Waals surface area (Å²) in [4.78, 5) is 34.5. The maximum Gasteiger partial charge on any atom is 0.259 e. The van der Waals surface area contributed by atoms with Crippen molar-refractivity contribution in [2.24, 2.45) is 0 Å². The number of aromatic amines is 1. The maximum atomic E-state index is 12.7. The smallest absolute Gasteiger partial charge is 0.259 e. The van der Waals surface area contributed by atoms with Crippen LogP contribution in [0.3, 0.4) is 0 Å². The third kappa shape index (κ3) is 4.52. The lowest BCUT2D eigenvalue weighted by Crippen LogP contribution is -2.33. The van der Waals surface area contributed by atoms with Gasteiger partial charge in [0.1, 0.15) is 10.7 Å². The lowest BCUT2D eigenvalue weighted by Gasteiger charge is -2.18. The van der Waals surface area contributed by atoms with Crippen molar-refractivity contribution >= 4 is 50.0 Å². The highest BCUT2D eigenvalue weighted by molar-refractivity contribution is 7.99. The summed E-state index contributed by atoms with van der Waals surface area (Å²) in [7, 11) is 0. The number of H-pyrrole nitrogens is 1. The highest BCUT2D eigenvalue weighted by Gasteiger charge is 2.18. The van der Waals surface area contributed by atoms with Crippen molar-refractivity contribution in [2.75, 3.05) is 0 Å². The van der Waals surface area contributed by atoms with Gasteiger partial charge in [-0.25, -0.2) is 4.98 Å². The molecular formula is C24H25N3O2S2. The van der Waals surface area contributed by atoms with Gasteiger partial charge in [-0.05, 0) is 55.7 Å². The van der Waals surface area contributed by atoms with Crippen molar-refractivity contribution in [3.05, 3.63) is 74.6 Å². The standard InChI is InChI=1S/C24H25N3O2S2/c1-13-15(3)31-24-21(13)23(29)26-20(27-24)12-30-16(4)22(28)25-14(2)18-10-9-17-7-5-6-8-19(17)11-18/h5-11,14,16H,12H2,1-4H3,(H,25,28)(H,26,27,29). The van der Waals surface area contributed by atoms with Crippen LogP contribution in [0, 0.1) is 13.8 Å². The minimum Gasteiger partial charge on any atom is -0.349 e. The molecule has 0 saturated carbocycles. The van der Waals surface area contributed by atoms with Gasteiger partial charge in [0.2, 0.25) is 5.91 Å². The molecule has 0 spiro atoms. The fourth-order valence-corrected chi connectivity index (χ4v) is 5.35. The van der Waals surface area contributed by atoms with Crippen LogP contribution in [0.15, 0.2) is 47.3 Å². The lowest BCUT2D eigenvalue weighted by atomic mass is 10.0. The molecule has 5 nitrogen and oxygen atoms in total. The van der Waals surface area contributed by atoms with E-state index in [2.05, 4.69) is 45.6 Å². The molecule has 4 aromatic rings. The van der Waals surface area contributed by atoms with E-state index in [4.69, 9.17) is 0 Å². The SMILES string of the molecule is Cc1sc2nc(CSC(C)C(=O)NC(C)c3ccc4ccccc4c3)[nH]c(=O)c2c1C. The molecule has 2 heterocycles. The molecule has 2 aromatic heterocycles. The van der Waals surface area contributed by atoms with Crippen LogP contribution in [0.1, 0.15) is 41.7 Å². The van der Waals surface area contributed by atoms with E-state index in [0.717, 1.165) is 26.2 Å². The van der Waals surface area contributed by atoms with Crippen LogP contribution in [0.4, 0.5) is 0 Å². The van der Waals surface area contributed by atoms with Crippen LogP contribution in [-0.2, 0) is 10.5 Å². The zero-order valence-electron chi connectivity index (χ0n) is 18.0. The van der Waals surface area contributed by atoms with Gasteiger partial charge in [-0.15, -0.1) is 23.1 Å². The number of hydrogen-bond donors (Lipinski definition) is 2. The first kappa shape index (κ1) is 21.6. The van der Waals surface area contributed by atoms with Crippen LogP contribution >= 0.6 is 23.1 Å². The highest BCUT2D eigenvalue weighted by atomic mass is 32.2. The molecule has 1 amide bonds. The molecule has 0 saturated heterocycles. The first-order valence-electron chi connectivity index (χ1n) is 10.2. The summed E-state index contributed by atoms with van der Waals surface area (Å²) >= 11 is 3.00. The first-order valence-corrected chi connectivity index (χ1v) is 12.1. The number of thiophene rings is 1. The van der Waals surface area contributed by atoms with Gasteiger partial charge >= 0.3 is 0 Å². The number of carbonyl (C=O) groups excluding carboxylic acids is 1. The summed E-state index contributed by atoms with van der Waals surface area (Å²) in [6, 6.07) is 14.4.